The van der Waals surface area contributed by atoms with Gasteiger partial charge in [-0.05, 0) is 50.1 Å². The van der Waals surface area contributed by atoms with Crippen molar-refractivity contribution in [1.82, 2.24) is 24.6 Å². The number of pyridine rings is 1. The van der Waals surface area contributed by atoms with Crippen LogP contribution >= 0.6 is 0 Å². The van der Waals surface area contributed by atoms with Gasteiger partial charge in [-0.3, -0.25) is 9.78 Å². The zero-order valence-corrected chi connectivity index (χ0v) is 16.9. The first-order valence-electron chi connectivity index (χ1n) is 9.68. The minimum Gasteiger partial charge on any atom is -0.487 e. The molecule has 1 aromatic carbocycles. The van der Waals surface area contributed by atoms with Gasteiger partial charge >= 0.3 is 0 Å². The Balaban J connectivity index is 1.36. The summed E-state index contributed by atoms with van der Waals surface area (Å²) in [6.45, 7) is 4.26. The van der Waals surface area contributed by atoms with E-state index in [-0.39, 0.29) is 5.91 Å². The van der Waals surface area contributed by atoms with Gasteiger partial charge in [0.25, 0.3) is 5.78 Å². The van der Waals surface area contributed by atoms with Gasteiger partial charge in [0.2, 0.25) is 5.91 Å². The zero-order chi connectivity index (χ0) is 20.9. The molecule has 152 valence electrons. The maximum absolute atomic E-state index is 12.5. The number of fused-ring (bicyclic) bond motifs is 1. The summed E-state index contributed by atoms with van der Waals surface area (Å²) in [7, 11) is 0. The lowest BCUT2D eigenvalue weighted by Gasteiger charge is -2.11. The largest absolute Gasteiger partial charge is 0.487 e. The fourth-order valence-electron chi connectivity index (χ4n) is 3.28. The van der Waals surface area contributed by atoms with Crippen LogP contribution in [-0.2, 0) is 17.8 Å². The molecule has 1 amide bonds. The van der Waals surface area contributed by atoms with Gasteiger partial charge < -0.3 is 10.1 Å². The van der Waals surface area contributed by atoms with Crippen LogP contribution in [0.5, 0.6) is 5.75 Å². The number of aryl methyl sites for hydroxylation is 2. The minimum absolute atomic E-state index is 0.0747. The van der Waals surface area contributed by atoms with E-state index >= 15 is 0 Å². The van der Waals surface area contributed by atoms with Crippen LogP contribution in [0, 0.1) is 13.8 Å². The normalized spacial score (nSPS) is 10.9. The van der Waals surface area contributed by atoms with E-state index in [1.165, 1.54) is 6.33 Å². The quantitative estimate of drug-likeness (QED) is 0.510. The molecule has 0 aliphatic heterocycles. The Hall–Kier alpha value is -3.81. The average molecular weight is 402 g/mol. The highest BCUT2D eigenvalue weighted by Crippen LogP contribution is 2.19. The third kappa shape index (κ3) is 4.43. The lowest BCUT2D eigenvalue weighted by Crippen LogP contribution is -2.14. The average Bonchev–Trinajstić information content (AvgIpc) is 3.22. The summed E-state index contributed by atoms with van der Waals surface area (Å²) < 4.78 is 7.47. The van der Waals surface area contributed by atoms with Crippen molar-refractivity contribution in [2.75, 3.05) is 5.32 Å². The van der Waals surface area contributed by atoms with E-state index in [1.54, 1.807) is 16.8 Å². The van der Waals surface area contributed by atoms with Gasteiger partial charge in [0.1, 0.15) is 18.7 Å². The molecule has 30 heavy (non-hydrogen) atoms. The first-order chi connectivity index (χ1) is 14.6. The number of aromatic nitrogens is 5. The number of benzene rings is 1. The third-order valence-corrected chi connectivity index (χ3v) is 4.82. The zero-order valence-electron chi connectivity index (χ0n) is 16.9. The van der Waals surface area contributed by atoms with Crippen LogP contribution in [0.4, 0.5) is 5.69 Å². The number of hydrogen-bond donors (Lipinski definition) is 1. The molecule has 4 rings (SSSR count). The first kappa shape index (κ1) is 19.5. The third-order valence-electron chi connectivity index (χ3n) is 4.82. The summed E-state index contributed by atoms with van der Waals surface area (Å²) in [6, 6.07) is 13.0. The molecule has 1 N–H and O–H groups in total. The monoisotopic (exact) mass is 402 g/mol. The van der Waals surface area contributed by atoms with Crippen LogP contribution in [-0.4, -0.2) is 30.5 Å². The summed E-state index contributed by atoms with van der Waals surface area (Å²) in [4.78, 5) is 25.3. The first-order valence-corrected chi connectivity index (χ1v) is 9.68. The standard InChI is InChI=1S/C22H22N6O2/c1-15-20(16(2)28-22(26-15)24-14-25-28)9-10-21(29)27-17-7-5-8-19(12-17)30-13-18-6-3-4-11-23-18/h3-8,11-12,14H,9-10,13H2,1-2H3,(H,27,29). The van der Waals surface area contributed by atoms with Gasteiger partial charge in [0.05, 0.1) is 5.69 Å². The molecule has 0 radical (unpaired) electrons. The molecule has 3 heterocycles. The van der Waals surface area contributed by atoms with E-state index < -0.39 is 0 Å². The Morgan fingerprint density at radius 3 is 2.87 bits per heavy atom. The van der Waals surface area contributed by atoms with Crippen molar-refractivity contribution in [3.05, 3.63) is 77.6 Å². The van der Waals surface area contributed by atoms with Crippen molar-refractivity contribution < 1.29 is 9.53 Å². The van der Waals surface area contributed by atoms with Crippen molar-refractivity contribution in [2.45, 2.75) is 33.3 Å². The fraction of sp³-hybridized carbons (Fsp3) is 0.227. The second kappa shape index (κ2) is 8.69. The summed E-state index contributed by atoms with van der Waals surface area (Å²) in [5, 5.41) is 7.12. The summed E-state index contributed by atoms with van der Waals surface area (Å²) in [6.07, 6.45) is 4.12. The lowest BCUT2D eigenvalue weighted by molar-refractivity contribution is -0.116. The molecule has 0 aliphatic carbocycles. The summed E-state index contributed by atoms with van der Waals surface area (Å²) in [5.74, 6) is 1.17. The Bertz CT molecular complexity index is 1170. The number of hydrogen-bond acceptors (Lipinski definition) is 6. The maximum Gasteiger partial charge on any atom is 0.252 e. The number of amides is 1. The van der Waals surface area contributed by atoms with E-state index in [1.807, 2.05) is 50.2 Å². The molecule has 8 heteroatoms. The number of rotatable bonds is 7. The van der Waals surface area contributed by atoms with Gasteiger partial charge in [-0.25, -0.2) is 9.50 Å². The molecule has 0 saturated carbocycles. The highest BCUT2D eigenvalue weighted by atomic mass is 16.5. The molecule has 3 aromatic heterocycles. The van der Waals surface area contributed by atoms with Gasteiger partial charge in [-0.2, -0.15) is 10.1 Å². The Kier molecular flexibility index (Phi) is 5.65. The lowest BCUT2D eigenvalue weighted by atomic mass is 10.1. The summed E-state index contributed by atoms with van der Waals surface area (Å²) in [5.41, 5.74) is 4.36. The minimum atomic E-state index is -0.0747. The molecule has 0 unspecified atom stereocenters. The number of carbonyl (C=O) groups is 1. The molecule has 8 nitrogen and oxygen atoms in total. The van der Waals surface area contributed by atoms with Gasteiger partial charge in [-0.15, -0.1) is 0 Å². The van der Waals surface area contributed by atoms with Crippen LogP contribution in [0.25, 0.3) is 5.78 Å². The van der Waals surface area contributed by atoms with Crippen LogP contribution < -0.4 is 10.1 Å². The van der Waals surface area contributed by atoms with E-state index in [9.17, 15) is 4.79 Å². The molecular weight excluding hydrogens is 380 g/mol. The van der Waals surface area contributed by atoms with Crippen molar-refractivity contribution in [2.24, 2.45) is 0 Å². The Morgan fingerprint density at radius 1 is 1.13 bits per heavy atom. The van der Waals surface area contributed by atoms with Crippen LogP contribution in [0.2, 0.25) is 0 Å². The van der Waals surface area contributed by atoms with Crippen molar-refractivity contribution in [3.63, 3.8) is 0 Å². The highest BCUT2D eigenvalue weighted by molar-refractivity contribution is 5.91. The Labute approximate surface area is 174 Å². The molecule has 0 fully saturated rings. The molecule has 0 atom stereocenters. The van der Waals surface area contributed by atoms with E-state index in [0.29, 0.717) is 36.7 Å². The number of carbonyl (C=O) groups excluding carboxylic acids is 1. The van der Waals surface area contributed by atoms with E-state index in [0.717, 1.165) is 22.6 Å². The van der Waals surface area contributed by atoms with Crippen molar-refractivity contribution >= 4 is 17.4 Å². The van der Waals surface area contributed by atoms with Crippen molar-refractivity contribution in [3.8, 4) is 5.75 Å². The van der Waals surface area contributed by atoms with Gasteiger partial charge in [-0.1, -0.05) is 12.1 Å². The van der Waals surface area contributed by atoms with E-state index in [2.05, 4.69) is 25.4 Å². The van der Waals surface area contributed by atoms with Crippen LogP contribution in [0.15, 0.2) is 55.0 Å². The molecule has 4 aromatic rings. The van der Waals surface area contributed by atoms with Gasteiger partial charge in [0, 0.05) is 35.8 Å². The molecule has 0 saturated heterocycles. The number of ether oxygens (including phenoxy) is 1. The topological polar surface area (TPSA) is 94.3 Å². The number of anilines is 1. The SMILES string of the molecule is Cc1nc2ncnn2c(C)c1CCC(=O)Nc1cccc(OCc2ccccn2)c1. The highest BCUT2D eigenvalue weighted by Gasteiger charge is 2.13. The van der Waals surface area contributed by atoms with Crippen LogP contribution in [0.1, 0.15) is 29.1 Å². The predicted molar refractivity (Wildman–Crippen MR) is 112 cm³/mol. The van der Waals surface area contributed by atoms with Gasteiger partial charge in [0.15, 0.2) is 0 Å². The Morgan fingerprint density at radius 2 is 2.03 bits per heavy atom. The molecular formula is C22H22N6O2. The second-order valence-corrected chi connectivity index (χ2v) is 6.92. The van der Waals surface area contributed by atoms with Crippen molar-refractivity contribution in [1.29, 1.82) is 0 Å². The molecule has 0 bridgehead atoms. The second-order valence-electron chi connectivity index (χ2n) is 6.92. The smallest absolute Gasteiger partial charge is 0.252 e. The molecule has 0 spiro atoms. The number of nitrogens with one attached hydrogen (secondary N) is 1. The predicted octanol–water partition coefficient (Wildman–Crippen LogP) is 3.29. The fourth-order valence-corrected chi connectivity index (χ4v) is 3.28. The van der Waals surface area contributed by atoms with Crippen LogP contribution in [0.3, 0.4) is 0 Å². The van der Waals surface area contributed by atoms with E-state index in [4.69, 9.17) is 4.74 Å². The number of nitrogens with zero attached hydrogens (tertiary/aromatic N) is 5. The maximum atomic E-state index is 12.5. The molecule has 0 aliphatic rings. The summed E-state index contributed by atoms with van der Waals surface area (Å²) >= 11 is 0.